The SMILES string of the molecule is CC(C)OC(=O)/C=C/n1ccc(-c2cc(OC(C)C)cc(C(F)(F)F)c2)n1. The molecule has 2 aromatic rings. The predicted molar refractivity (Wildman–Crippen MR) is 95.0 cm³/mol. The molecular weight excluding hydrogens is 361 g/mol. The maximum absolute atomic E-state index is 13.2. The van der Waals surface area contributed by atoms with Crippen molar-refractivity contribution in [2.45, 2.75) is 46.1 Å². The maximum atomic E-state index is 13.2. The van der Waals surface area contributed by atoms with Crippen LogP contribution in [0.25, 0.3) is 17.5 Å². The van der Waals surface area contributed by atoms with Crippen LogP contribution < -0.4 is 4.74 Å². The Hall–Kier alpha value is -2.77. The molecule has 0 spiro atoms. The van der Waals surface area contributed by atoms with Crippen molar-refractivity contribution in [2.24, 2.45) is 0 Å². The van der Waals surface area contributed by atoms with Crippen LogP contribution in [-0.2, 0) is 15.7 Å². The highest BCUT2D eigenvalue weighted by molar-refractivity contribution is 5.85. The molecule has 8 heteroatoms. The van der Waals surface area contributed by atoms with Crippen LogP contribution in [-0.4, -0.2) is 28.0 Å². The Labute approximate surface area is 155 Å². The van der Waals surface area contributed by atoms with Gasteiger partial charge in [-0.1, -0.05) is 0 Å². The third-order valence-corrected chi connectivity index (χ3v) is 3.22. The van der Waals surface area contributed by atoms with E-state index in [2.05, 4.69) is 5.10 Å². The molecule has 0 saturated carbocycles. The Kier molecular flexibility index (Phi) is 6.30. The predicted octanol–water partition coefficient (Wildman–Crippen LogP) is 4.78. The average Bonchev–Trinajstić information content (AvgIpc) is 2.99. The largest absolute Gasteiger partial charge is 0.491 e. The van der Waals surface area contributed by atoms with Gasteiger partial charge in [0.25, 0.3) is 0 Å². The van der Waals surface area contributed by atoms with Crippen LogP contribution >= 0.6 is 0 Å². The van der Waals surface area contributed by atoms with Crippen molar-refractivity contribution >= 4 is 12.2 Å². The van der Waals surface area contributed by atoms with E-state index in [4.69, 9.17) is 9.47 Å². The number of benzene rings is 1. The van der Waals surface area contributed by atoms with Gasteiger partial charge in [0.15, 0.2) is 0 Å². The Bertz CT molecular complexity index is 824. The number of esters is 1. The zero-order valence-electron chi connectivity index (χ0n) is 15.4. The molecule has 0 aliphatic heterocycles. The fraction of sp³-hybridized carbons (Fsp3) is 0.368. The van der Waals surface area contributed by atoms with Crippen LogP contribution in [0, 0.1) is 0 Å². The molecule has 0 aliphatic carbocycles. The maximum Gasteiger partial charge on any atom is 0.416 e. The van der Waals surface area contributed by atoms with Gasteiger partial charge in [-0.15, -0.1) is 0 Å². The van der Waals surface area contributed by atoms with Crippen LogP contribution in [0.5, 0.6) is 5.75 Å². The molecule has 1 heterocycles. The molecule has 0 saturated heterocycles. The van der Waals surface area contributed by atoms with Gasteiger partial charge in [0.05, 0.1) is 23.5 Å². The highest BCUT2D eigenvalue weighted by Crippen LogP contribution is 2.35. The Morgan fingerprint density at radius 1 is 1.15 bits per heavy atom. The van der Waals surface area contributed by atoms with Gasteiger partial charge in [-0.3, -0.25) is 0 Å². The van der Waals surface area contributed by atoms with Gasteiger partial charge in [-0.2, -0.15) is 18.3 Å². The minimum Gasteiger partial charge on any atom is -0.491 e. The fourth-order valence-electron chi connectivity index (χ4n) is 2.23. The molecule has 0 aliphatic rings. The van der Waals surface area contributed by atoms with E-state index in [-0.39, 0.29) is 23.5 Å². The molecular formula is C19H21F3N2O3. The second kappa shape index (κ2) is 8.28. The van der Waals surface area contributed by atoms with Crippen molar-refractivity contribution in [2.75, 3.05) is 0 Å². The van der Waals surface area contributed by atoms with Crippen molar-refractivity contribution in [1.82, 2.24) is 9.78 Å². The molecule has 0 radical (unpaired) electrons. The van der Waals surface area contributed by atoms with Crippen molar-refractivity contribution in [1.29, 1.82) is 0 Å². The summed E-state index contributed by atoms with van der Waals surface area (Å²) in [5, 5.41) is 4.17. The Morgan fingerprint density at radius 3 is 2.44 bits per heavy atom. The van der Waals surface area contributed by atoms with Crippen LogP contribution in [0.15, 0.2) is 36.5 Å². The van der Waals surface area contributed by atoms with Crippen molar-refractivity contribution in [3.8, 4) is 17.0 Å². The van der Waals surface area contributed by atoms with E-state index >= 15 is 0 Å². The molecule has 2 rings (SSSR count). The van der Waals surface area contributed by atoms with Crippen LogP contribution in [0.1, 0.15) is 33.3 Å². The standard InChI is InChI=1S/C19H21F3N2O3/c1-12(2)26-16-10-14(9-15(11-16)19(20,21)22)17-5-7-24(23-17)8-6-18(25)27-13(3)4/h5-13H,1-4H3/b8-6+. The summed E-state index contributed by atoms with van der Waals surface area (Å²) in [5.41, 5.74) is -0.241. The molecule has 0 N–H and O–H groups in total. The lowest BCUT2D eigenvalue weighted by molar-refractivity contribution is -0.141. The third-order valence-electron chi connectivity index (χ3n) is 3.22. The minimum atomic E-state index is -4.51. The summed E-state index contributed by atoms with van der Waals surface area (Å²) in [6.45, 7) is 6.91. The fourth-order valence-corrected chi connectivity index (χ4v) is 2.23. The van der Waals surface area contributed by atoms with Gasteiger partial charge in [0, 0.05) is 24.0 Å². The smallest absolute Gasteiger partial charge is 0.416 e. The first-order valence-corrected chi connectivity index (χ1v) is 8.38. The van der Waals surface area contributed by atoms with Gasteiger partial charge in [0.2, 0.25) is 0 Å². The number of alkyl halides is 3. The summed E-state index contributed by atoms with van der Waals surface area (Å²) in [6, 6.07) is 5.02. The Morgan fingerprint density at radius 2 is 1.85 bits per heavy atom. The number of carbonyl (C=O) groups is 1. The molecule has 0 atom stereocenters. The molecule has 0 unspecified atom stereocenters. The lowest BCUT2D eigenvalue weighted by atomic mass is 10.1. The topological polar surface area (TPSA) is 53.4 Å². The molecule has 0 bridgehead atoms. The zero-order chi connectivity index (χ0) is 20.2. The van der Waals surface area contributed by atoms with Crippen molar-refractivity contribution in [3.05, 3.63) is 42.1 Å². The molecule has 5 nitrogen and oxygen atoms in total. The molecule has 0 fully saturated rings. The Balaban J connectivity index is 2.31. The number of ether oxygens (including phenoxy) is 2. The number of rotatable bonds is 6. The van der Waals surface area contributed by atoms with Gasteiger partial charge in [-0.25, -0.2) is 9.48 Å². The highest BCUT2D eigenvalue weighted by Gasteiger charge is 2.31. The van der Waals surface area contributed by atoms with E-state index in [1.807, 2.05) is 0 Å². The second-order valence-corrected chi connectivity index (χ2v) is 6.39. The summed E-state index contributed by atoms with van der Waals surface area (Å²) in [7, 11) is 0. The van der Waals surface area contributed by atoms with E-state index in [0.29, 0.717) is 5.69 Å². The first-order chi connectivity index (χ1) is 12.5. The van der Waals surface area contributed by atoms with Crippen LogP contribution in [0.4, 0.5) is 13.2 Å². The molecule has 1 aromatic carbocycles. The first kappa shape index (κ1) is 20.5. The van der Waals surface area contributed by atoms with Crippen molar-refractivity contribution in [3.63, 3.8) is 0 Å². The summed E-state index contributed by atoms with van der Waals surface area (Å²) in [5.74, 6) is -0.422. The summed E-state index contributed by atoms with van der Waals surface area (Å²) >= 11 is 0. The molecule has 1 aromatic heterocycles. The van der Waals surface area contributed by atoms with Gasteiger partial charge in [0.1, 0.15) is 5.75 Å². The van der Waals surface area contributed by atoms with Crippen molar-refractivity contribution < 1.29 is 27.4 Å². The summed E-state index contributed by atoms with van der Waals surface area (Å²) < 4.78 is 51.2. The summed E-state index contributed by atoms with van der Waals surface area (Å²) in [6.07, 6.45) is -0.941. The quantitative estimate of drug-likeness (QED) is 0.533. The number of nitrogens with zero attached hydrogens (tertiary/aromatic N) is 2. The second-order valence-electron chi connectivity index (χ2n) is 6.39. The van der Waals surface area contributed by atoms with E-state index in [1.54, 1.807) is 33.8 Å². The summed E-state index contributed by atoms with van der Waals surface area (Å²) in [4.78, 5) is 11.5. The minimum absolute atomic E-state index is 0.112. The van der Waals surface area contributed by atoms with Crippen LogP contribution in [0.2, 0.25) is 0 Å². The van der Waals surface area contributed by atoms with E-state index in [1.165, 1.54) is 29.2 Å². The van der Waals surface area contributed by atoms with E-state index in [9.17, 15) is 18.0 Å². The van der Waals surface area contributed by atoms with Crippen LogP contribution in [0.3, 0.4) is 0 Å². The normalized spacial score (nSPS) is 12.2. The number of hydrogen-bond acceptors (Lipinski definition) is 4. The van der Waals surface area contributed by atoms with Gasteiger partial charge >= 0.3 is 12.1 Å². The lowest BCUT2D eigenvalue weighted by Crippen LogP contribution is -2.09. The highest BCUT2D eigenvalue weighted by atomic mass is 19.4. The third kappa shape index (κ3) is 6.16. The first-order valence-electron chi connectivity index (χ1n) is 8.38. The van der Waals surface area contributed by atoms with Gasteiger partial charge in [-0.05, 0) is 52.0 Å². The molecule has 0 amide bonds. The number of aromatic nitrogens is 2. The number of halogens is 3. The number of hydrogen-bond donors (Lipinski definition) is 0. The molecule has 27 heavy (non-hydrogen) atoms. The average molecular weight is 382 g/mol. The van der Waals surface area contributed by atoms with E-state index in [0.717, 1.165) is 12.1 Å². The molecule has 146 valence electrons. The van der Waals surface area contributed by atoms with Gasteiger partial charge < -0.3 is 9.47 Å². The van der Waals surface area contributed by atoms with E-state index < -0.39 is 17.7 Å². The number of carbonyl (C=O) groups excluding carboxylic acids is 1. The lowest BCUT2D eigenvalue weighted by Gasteiger charge is -2.14. The monoisotopic (exact) mass is 382 g/mol. The zero-order valence-corrected chi connectivity index (χ0v) is 15.4.